The van der Waals surface area contributed by atoms with Crippen LogP contribution in [-0.4, -0.2) is 45.4 Å². The number of anilines is 1. The average Bonchev–Trinajstić information content (AvgIpc) is 3.51. The Hall–Kier alpha value is -3.96. The summed E-state index contributed by atoms with van der Waals surface area (Å²) < 4.78 is 2.15. The number of rotatable bonds is 7. The zero-order chi connectivity index (χ0) is 28.7. The van der Waals surface area contributed by atoms with Crippen molar-refractivity contribution in [3.63, 3.8) is 0 Å². The highest BCUT2D eigenvalue weighted by atomic mass is 16.2. The van der Waals surface area contributed by atoms with E-state index in [1.807, 2.05) is 4.90 Å². The van der Waals surface area contributed by atoms with Crippen molar-refractivity contribution in [1.82, 2.24) is 19.8 Å². The van der Waals surface area contributed by atoms with Crippen LogP contribution >= 0.6 is 0 Å². The van der Waals surface area contributed by atoms with E-state index in [1.165, 1.54) is 6.08 Å². The van der Waals surface area contributed by atoms with Gasteiger partial charge in [-0.25, -0.2) is 4.98 Å². The fourth-order valence-electron chi connectivity index (χ4n) is 5.90. The molecule has 1 spiro atoms. The third-order valence-corrected chi connectivity index (χ3v) is 8.77. The molecule has 1 aromatic heterocycles. The van der Waals surface area contributed by atoms with Gasteiger partial charge in [-0.3, -0.25) is 14.9 Å². The molecule has 1 aliphatic heterocycles. The largest absolute Gasteiger partial charge is 0.339 e. The molecule has 1 saturated heterocycles. The van der Waals surface area contributed by atoms with Crippen molar-refractivity contribution in [3.05, 3.63) is 71.8 Å². The first kappa shape index (κ1) is 27.6. The van der Waals surface area contributed by atoms with Gasteiger partial charge < -0.3 is 14.8 Å². The Morgan fingerprint density at radius 1 is 1.25 bits per heavy atom. The first-order valence-corrected chi connectivity index (χ1v) is 14.0. The van der Waals surface area contributed by atoms with Crippen molar-refractivity contribution in [2.24, 2.45) is 10.8 Å². The summed E-state index contributed by atoms with van der Waals surface area (Å²) in [5.41, 5.74) is 4.03. The van der Waals surface area contributed by atoms with Gasteiger partial charge in [0.1, 0.15) is 0 Å². The summed E-state index contributed by atoms with van der Waals surface area (Å²) in [6, 6.07) is 15.6. The molecule has 208 valence electrons. The van der Waals surface area contributed by atoms with Gasteiger partial charge in [0, 0.05) is 37.3 Å². The van der Waals surface area contributed by atoms with E-state index in [4.69, 9.17) is 4.98 Å². The van der Waals surface area contributed by atoms with Crippen LogP contribution in [0.15, 0.2) is 55.1 Å². The standard InChI is InChI=1S/C32H38N6O2/c1-6-28(39)37-13-12-32(20-37)16-25(17-32)38-27-11-10-23(19-34-21(2)31(3,4)5)15-26(27)35-30(38)36-29(40)24-9-7-8-22(14-24)18-33/h6-11,14-15,21,25,34H,1,12-13,16-17,19-20H2,2-5H3,(H,35,36,40)/t21-,25-,32-/m0/s1. The maximum atomic E-state index is 13.2. The number of hydrogen-bond donors (Lipinski definition) is 2. The summed E-state index contributed by atoms with van der Waals surface area (Å²) in [5, 5.41) is 15.9. The molecule has 2 fully saturated rings. The van der Waals surface area contributed by atoms with E-state index in [1.54, 1.807) is 24.3 Å². The fraction of sp³-hybridized carbons (Fsp3) is 0.438. The minimum absolute atomic E-state index is 0.0112. The molecule has 2 heterocycles. The third kappa shape index (κ3) is 5.39. The van der Waals surface area contributed by atoms with Gasteiger partial charge in [0.15, 0.2) is 0 Å². The number of likely N-dealkylation sites (tertiary alicyclic amines) is 1. The molecule has 1 atom stereocenters. The van der Waals surface area contributed by atoms with Crippen molar-refractivity contribution >= 4 is 28.8 Å². The average molecular weight is 539 g/mol. The number of benzene rings is 2. The van der Waals surface area contributed by atoms with Crippen LogP contribution in [0.2, 0.25) is 0 Å². The van der Waals surface area contributed by atoms with Crippen molar-refractivity contribution in [2.45, 2.75) is 65.6 Å². The zero-order valence-electron chi connectivity index (χ0n) is 23.8. The molecule has 40 heavy (non-hydrogen) atoms. The van der Waals surface area contributed by atoms with Crippen molar-refractivity contribution in [2.75, 3.05) is 18.4 Å². The van der Waals surface area contributed by atoms with Crippen LogP contribution in [0, 0.1) is 22.2 Å². The highest BCUT2D eigenvalue weighted by Gasteiger charge is 2.50. The van der Waals surface area contributed by atoms with Crippen LogP contribution in [-0.2, 0) is 11.3 Å². The van der Waals surface area contributed by atoms with Crippen LogP contribution in [0.1, 0.15) is 74.5 Å². The van der Waals surface area contributed by atoms with E-state index in [-0.39, 0.29) is 28.7 Å². The number of hydrogen-bond acceptors (Lipinski definition) is 5. The second kappa shape index (κ2) is 10.5. The molecular formula is C32H38N6O2. The molecule has 8 nitrogen and oxygen atoms in total. The van der Waals surface area contributed by atoms with E-state index in [2.05, 4.69) is 73.7 Å². The molecule has 5 rings (SSSR count). The van der Waals surface area contributed by atoms with E-state index in [0.717, 1.165) is 55.5 Å². The minimum atomic E-state index is -0.299. The number of carbonyl (C=O) groups excluding carboxylic acids is 2. The maximum absolute atomic E-state index is 13.2. The van der Waals surface area contributed by atoms with Crippen LogP contribution in [0.5, 0.6) is 0 Å². The van der Waals surface area contributed by atoms with Gasteiger partial charge in [-0.2, -0.15) is 5.26 Å². The van der Waals surface area contributed by atoms with E-state index in [9.17, 15) is 14.9 Å². The summed E-state index contributed by atoms with van der Waals surface area (Å²) in [5.74, 6) is 0.197. The van der Waals surface area contributed by atoms with Gasteiger partial charge in [-0.05, 0) is 79.0 Å². The van der Waals surface area contributed by atoms with E-state index < -0.39 is 0 Å². The van der Waals surface area contributed by atoms with Crippen LogP contribution in [0.25, 0.3) is 11.0 Å². The SMILES string of the molecule is C=CC(=O)N1CC[C@]2(C1)C[C@H](n1c(NC(=O)c3cccc(C#N)c3)nc3cc(CN[C@@H](C)C(C)(C)C)ccc31)C2. The van der Waals surface area contributed by atoms with Gasteiger partial charge in [0.25, 0.3) is 5.91 Å². The predicted octanol–water partition coefficient (Wildman–Crippen LogP) is 5.42. The molecule has 1 saturated carbocycles. The fourth-order valence-corrected chi connectivity index (χ4v) is 5.90. The second-order valence-electron chi connectivity index (χ2n) is 12.5. The molecule has 2 aromatic carbocycles. The molecule has 2 aliphatic rings. The molecule has 2 amide bonds. The van der Waals surface area contributed by atoms with Gasteiger partial charge in [0.2, 0.25) is 11.9 Å². The Kier molecular flexibility index (Phi) is 7.28. The first-order valence-electron chi connectivity index (χ1n) is 14.0. The van der Waals surface area contributed by atoms with Gasteiger partial charge in [-0.1, -0.05) is 39.5 Å². The lowest BCUT2D eigenvalue weighted by molar-refractivity contribution is -0.125. The number of imidazole rings is 1. The Balaban J connectivity index is 1.42. The molecule has 3 aromatic rings. The number of aromatic nitrogens is 2. The zero-order valence-corrected chi connectivity index (χ0v) is 23.8. The lowest BCUT2D eigenvalue weighted by Gasteiger charge is -2.46. The summed E-state index contributed by atoms with van der Waals surface area (Å²) in [6.07, 6.45) is 4.19. The lowest BCUT2D eigenvalue weighted by atomic mass is 9.64. The molecule has 0 bridgehead atoms. The summed E-state index contributed by atoms with van der Waals surface area (Å²) in [4.78, 5) is 32.2. The Morgan fingerprint density at radius 2 is 2.02 bits per heavy atom. The summed E-state index contributed by atoms with van der Waals surface area (Å²) in [7, 11) is 0. The lowest BCUT2D eigenvalue weighted by Crippen LogP contribution is -2.42. The number of fused-ring (bicyclic) bond motifs is 1. The number of amides is 2. The normalized spacial score (nSPS) is 21.2. The smallest absolute Gasteiger partial charge is 0.258 e. The molecular weight excluding hydrogens is 500 g/mol. The highest BCUT2D eigenvalue weighted by molar-refractivity contribution is 6.04. The maximum Gasteiger partial charge on any atom is 0.258 e. The number of nitrogens with zero attached hydrogens (tertiary/aromatic N) is 4. The van der Waals surface area contributed by atoms with E-state index in [0.29, 0.717) is 23.1 Å². The number of nitrogens with one attached hydrogen (secondary N) is 2. The van der Waals surface area contributed by atoms with Crippen molar-refractivity contribution in [1.29, 1.82) is 5.26 Å². The van der Waals surface area contributed by atoms with Crippen LogP contribution < -0.4 is 10.6 Å². The van der Waals surface area contributed by atoms with Crippen molar-refractivity contribution < 1.29 is 9.59 Å². The Morgan fingerprint density at radius 3 is 2.73 bits per heavy atom. The third-order valence-electron chi connectivity index (χ3n) is 8.77. The van der Waals surface area contributed by atoms with Crippen molar-refractivity contribution in [3.8, 4) is 6.07 Å². The van der Waals surface area contributed by atoms with Crippen LogP contribution in [0.4, 0.5) is 5.95 Å². The number of nitriles is 1. The number of carbonyl (C=O) groups is 2. The first-order chi connectivity index (χ1) is 19.0. The monoisotopic (exact) mass is 538 g/mol. The Labute approximate surface area is 236 Å². The molecule has 1 aliphatic carbocycles. The topological polar surface area (TPSA) is 103 Å². The molecule has 2 N–H and O–H groups in total. The molecule has 0 unspecified atom stereocenters. The highest BCUT2D eigenvalue weighted by Crippen LogP contribution is 2.55. The minimum Gasteiger partial charge on any atom is -0.339 e. The summed E-state index contributed by atoms with van der Waals surface area (Å²) >= 11 is 0. The molecule has 8 heteroatoms. The Bertz CT molecular complexity index is 1500. The van der Waals surface area contributed by atoms with Gasteiger partial charge in [-0.15, -0.1) is 0 Å². The molecule has 0 radical (unpaired) electrons. The van der Waals surface area contributed by atoms with Gasteiger partial charge >= 0.3 is 0 Å². The van der Waals surface area contributed by atoms with E-state index >= 15 is 0 Å². The summed E-state index contributed by atoms with van der Waals surface area (Å²) in [6.45, 7) is 14.7. The predicted molar refractivity (Wildman–Crippen MR) is 157 cm³/mol. The van der Waals surface area contributed by atoms with Crippen LogP contribution in [0.3, 0.4) is 0 Å². The quantitative estimate of drug-likeness (QED) is 0.391. The van der Waals surface area contributed by atoms with Gasteiger partial charge in [0.05, 0.1) is 22.7 Å². The second-order valence-corrected chi connectivity index (χ2v) is 12.5.